The van der Waals surface area contributed by atoms with Crippen molar-refractivity contribution in [3.63, 3.8) is 0 Å². The molecule has 0 saturated carbocycles. The summed E-state index contributed by atoms with van der Waals surface area (Å²) in [6.07, 6.45) is 2.92. The van der Waals surface area contributed by atoms with Gasteiger partial charge in [-0.15, -0.1) is 0 Å². The topological polar surface area (TPSA) is 75.4 Å². The summed E-state index contributed by atoms with van der Waals surface area (Å²) >= 11 is 1.74. The summed E-state index contributed by atoms with van der Waals surface area (Å²) in [4.78, 5) is 11.9. The highest BCUT2D eigenvalue weighted by Gasteiger charge is 2.14. The minimum atomic E-state index is -0.289. The molecule has 94 valence electrons. The van der Waals surface area contributed by atoms with Crippen molar-refractivity contribution in [3.8, 4) is 5.75 Å². The van der Waals surface area contributed by atoms with Gasteiger partial charge in [0.05, 0.1) is 11.3 Å². The molecule has 4 nitrogen and oxygen atoms in total. The van der Waals surface area contributed by atoms with Crippen molar-refractivity contribution >= 4 is 23.4 Å². The normalized spacial score (nSPS) is 12.1. The molecule has 1 amide bonds. The number of para-hydroxylation sites is 1. The molecule has 17 heavy (non-hydrogen) atoms. The average molecular weight is 254 g/mol. The molecular weight excluding hydrogens is 236 g/mol. The fourth-order valence-electron chi connectivity index (χ4n) is 1.41. The molecule has 1 unspecified atom stereocenters. The number of nitrogen functional groups attached to an aromatic ring is 1. The van der Waals surface area contributed by atoms with Crippen molar-refractivity contribution < 1.29 is 9.90 Å². The second-order valence-electron chi connectivity index (χ2n) is 3.90. The van der Waals surface area contributed by atoms with Crippen molar-refractivity contribution in [2.24, 2.45) is 0 Å². The zero-order valence-electron chi connectivity index (χ0n) is 10.1. The van der Waals surface area contributed by atoms with E-state index in [9.17, 15) is 9.90 Å². The Balaban J connectivity index is 2.67. The van der Waals surface area contributed by atoms with E-state index in [0.29, 0.717) is 0 Å². The van der Waals surface area contributed by atoms with Crippen LogP contribution in [0.15, 0.2) is 18.2 Å². The number of carbonyl (C=O) groups is 1. The fourth-order valence-corrected chi connectivity index (χ4v) is 2.00. The van der Waals surface area contributed by atoms with E-state index in [1.807, 2.05) is 13.2 Å². The Hall–Kier alpha value is -1.36. The Kier molecular flexibility index (Phi) is 5.15. The molecular formula is C12H18N2O2S. The number of hydrogen-bond acceptors (Lipinski definition) is 4. The minimum absolute atomic E-state index is 0.0794. The number of phenolic OH excluding ortho intramolecular Hbond substituents is 1. The average Bonchev–Trinajstić information content (AvgIpc) is 2.29. The Bertz CT molecular complexity index is 396. The van der Waals surface area contributed by atoms with Gasteiger partial charge >= 0.3 is 0 Å². The van der Waals surface area contributed by atoms with E-state index < -0.39 is 0 Å². The first-order valence-electron chi connectivity index (χ1n) is 5.43. The van der Waals surface area contributed by atoms with E-state index in [2.05, 4.69) is 5.32 Å². The molecule has 0 saturated heterocycles. The lowest BCUT2D eigenvalue weighted by atomic mass is 10.1. The smallest absolute Gasteiger partial charge is 0.255 e. The SMILES string of the molecule is CSCCC(C)NC(=O)c1cccc(N)c1O. The molecule has 4 N–H and O–H groups in total. The van der Waals surface area contributed by atoms with Crippen molar-refractivity contribution in [2.45, 2.75) is 19.4 Å². The summed E-state index contributed by atoms with van der Waals surface area (Å²) in [5.41, 5.74) is 5.98. The van der Waals surface area contributed by atoms with Gasteiger partial charge in [-0.2, -0.15) is 11.8 Å². The van der Waals surface area contributed by atoms with Crippen molar-refractivity contribution in [1.29, 1.82) is 0 Å². The number of benzene rings is 1. The lowest BCUT2D eigenvalue weighted by Gasteiger charge is -2.14. The molecule has 0 aliphatic carbocycles. The lowest BCUT2D eigenvalue weighted by Crippen LogP contribution is -2.33. The standard InChI is InChI=1S/C12H18N2O2S/c1-8(6-7-17-2)14-12(16)9-4-3-5-10(13)11(9)15/h3-5,8,15H,6-7,13H2,1-2H3,(H,14,16). The van der Waals surface area contributed by atoms with E-state index >= 15 is 0 Å². The van der Waals surface area contributed by atoms with Crippen LogP contribution in [0.4, 0.5) is 5.69 Å². The highest BCUT2D eigenvalue weighted by Crippen LogP contribution is 2.24. The van der Waals surface area contributed by atoms with Gasteiger partial charge in [-0.05, 0) is 37.5 Å². The summed E-state index contributed by atoms with van der Waals surface area (Å²) in [5.74, 6) is 0.551. The van der Waals surface area contributed by atoms with Gasteiger partial charge in [0.1, 0.15) is 0 Å². The van der Waals surface area contributed by atoms with E-state index in [1.165, 1.54) is 0 Å². The van der Waals surface area contributed by atoms with Crippen molar-refractivity contribution in [2.75, 3.05) is 17.7 Å². The third-order valence-electron chi connectivity index (χ3n) is 2.44. The summed E-state index contributed by atoms with van der Waals surface area (Å²) < 4.78 is 0. The number of aromatic hydroxyl groups is 1. The van der Waals surface area contributed by atoms with Crippen LogP contribution in [0.1, 0.15) is 23.7 Å². The summed E-state index contributed by atoms with van der Waals surface area (Å²) in [7, 11) is 0. The molecule has 0 fully saturated rings. The number of anilines is 1. The number of thioether (sulfide) groups is 1. The second-order valence-corrected chi connectivity index (χ2v) is 4.88. The maximum absolute atomic E-state index is 11.9. The van der Waals surface area contributed by atoms with Crippen LogP contribution in [0, 0.1) is 0 Å². The molecule has 0 aromatic heterocycles. The first kappa shape index (κ1) is 13.7. The Labute approximate surface area is 106 Å². The van der Waals surface area contributed by atoms with E-state index in [-0.39, 0.29) is 28.9 Å². The molecule has 0 spiro atoms. The van der Waals surface area contributed by atoms with Gasteiger partial charge in [-0.3, -0.25) is 4.79 Å². The fraction of sp³-hybridized carbons (Fsp3) is 0.417. The molecule has 1 aromatic carbocycles. The number of rotatable bonds is 5. The molecule has 1 rings (SSSR count). The van der Waals surface area contributed by atoms with Gasteiger partial charge < -0.3 is 16.2 Å². The van der Waals surface area contributed by atoms with Gasteiger partial charge in [0.15, 0.2) is 5.75 Å². The zero-order valence-corrected chi connectivity index (χ0v) is 10.9. The maximum atomic E-state index is 11.9. The third kappa shape index (κ3) is 3.85. The number of amides is 1. The van der Waals surface area contributed by atoms with Crippen LogP contribution >= 0.6 is 11.8 Å². The third-order valence-corrected chi connectivity index (χ3v) is 3.09. The van der Waals surface area contributed by atoms with Crippen LogP contribution in [0.3, 0.4) is 0 Å². The Morgan fingerprint density at radius 3 is 2.94 bits per heavy atom. The van der Waals surface area contributed by atoms with Crippen LogP contribution in [0.5, 0.6) is 5.75 Å². The van der Waals surface area contributed by atoms with Gasteiger partial charge in [0.25, 0.3) is 5.91 Å². The predicted molar refractivity (Wildman–Crippen MR) is 72.4 cm³/mol. The summed E-state index contributed by atoms with van der Waals surface area (Å²) in [5, 5.41) is 12.5. The Morgan fingerprint density at radius 1 is 1.59 bits per heavy atom. The molecule has 0 heterocycles. The van der Waals surface area contributed by atoms with Crippen LogP contribution in [0.25, 0.3) is 0 Å². The number of phenols is 1. The number of hydrogen-bond donors (Lipinski definition) is 3. The van der Waals surface area contributed by atoms with E-state index in [1.54, 1.807) is 30.0 Å². The molecule has 1 aromatic rings. The first-order chi connectivity index (χ1) is 8.06. The molecule has 1 atom stereocenters. The van der Waals surface area contributed by atoms with Crippen LogP contribution in [-0.4, -0.2) is 29.1 Å². The number of nitrogens with two attached hydrogens (primary N) is 1. The Morgan fingerprint density at radius 2 is 2.29 bits per heavy atom. The van der Waals surface area contributed by atoms with Gasteiger partial charge in [-0.1, -0.05) is 6.07 Å². The van der Waals surface area contributed by atoms with Gasteiger partial charge in [0, 0.05) is 6.04 Å². The quantitative estimate of drug-likeness (QED) is 0.553. The molecule has 0 aliphatic heterocycles. The maximum Gasteiger partial charge on any atom is 0.255 e. The van der Waals surface area contributed by atoms with Crippen molar-refractivity contribution in [1.82, 2.24) is 5.32 Å². The highest BCUT2D eigenvalue weighted by molar-refractivity contribution is 7.98. The van der Waals surface area contributed by atoms with Crippen LogP contribution in [0.2, 0.25) is 0 Å². The van der Waals surface area contributed by atoms with Crippen LogP contribution < -0.4 is 11.1 Å². The first-order valence-corrected chi connectivity index (χ1v) is 6.83. The van der Waals surface area contributed by atoms with E-state index in [0.717, 1.165) is 12.2 Å². The molecule has 0 bridgehead atoms. The van der Waals surface area contributed by atoms with E-state index in [4.69, 9.17) is 5.73 Å². The highest BCUT2D eigenvalue weighted by atomic mass is 32.2. The molecule has 0 radical (unpaired) electrons. The predicted octanol–water partition coefficient (Wildman–Crippen LogP) is 1.85. The largest absolute Gasteiger partial charge is 0.505 e. The summed E-state index contributed by atoms with van der Waals surface area (Å²) in [6.45, 7) is 1.94. The number of carbonyl (C=O) groups excluding carboxylic acids is 1. The molecule has 0 aliphatic rings. The zero-order chi connectivity index (χ0) is 12.8. The minimum Gasteiger partial charge on any atom is -0.505 e. The van der Waals surface area contributed by atoms with Gasteiger partial charge in [0.2, 0.25) is 0 Å². The molecule has 5 heteroatoms. The van der Waals surface area contributed by atoms with Crippen LogP contribution in [-0.2, 0) is 0 Å². The summed E-state index contributed by atoms with van der Waals surface area (Å²) in [6, 6.07) is 4.85. The number of nitrogens with one attached hydrogen (secondary N) is 1. The van der Waals surface area contributed by atoms with Gasteiger partial charge in [-0.25, -0.2) is 0 Å². The second kappa shape index (κ2) is 6.39. The lowest BCUT2D eigenvalue weighted by molar-refractivity contribution is 0.0937. The monoisotopic (exact) mass is 254 g/mol. The van der Waals surface area contributed by atoms with Crippen molar-refractivity contribution in [3.05, 3.63) is 23.8 Å².